The molecule has 0 saturated carbocycles. The molecule has 0 spiro atoms. The standard InChI is InChI=1S/C16H13NO/c17-10-15-13-7-3-1-5-11(13)9-12-6-2-4-8-14(12)16(15)18/h1-8,10H,9,17H2/b15-10+. The number of hydrogen-bond acceptors (Lipinski definition) is 2. The quantitative estimate of drug-likeness (QED) is 0.713. The number of carbonyl (C=O) groups excluding carboxylic acids is 1. The van der Waals surface area contributed by atoms with Gasteiger partial charge in [-0.15, -0.1) is 0 Å². The Morgan fingerprint density at radius 3 is 2.11 bits per heavy atom. The van der Waals surface area contributed by atoms with Crippen LogP contribution in [-0.4, -0.2) is 5.78 Å². The number of hydrogen-bond donors (Lipinski definition) is 1. The van der Waals surface area contributed by atoms with Crippen LogP contribution in [-0.2, 0) is 6.42 Å². The number of Topliss-reactive ketones (excluding diaryl/α,β-unsaturated/α-hetero) is 1. The molecule has 1 aliphatic carbocycles. The van der Waals surface area contributed by atoms with Crippen molar-refractivity contribution in [3.8, 4) is 0 Å². The van der Waals surface area contributed by atoms with Gasteiger partial charge in [-0.1, -0.05) is 48.5 Å². The minimum atomic E-state index is 0.0121. The molecule has 0 bridgehead atoms. The maximum absolute atomic E-state index is 12.5. The van der Waals surface area contributed by atoms with Crippen molar-refractivity contribution in [2.75, 3.05) is 0 Å². The van der Waals surface area contributed by atoms with Gasteiger partial charge in [0.1, 0.15) is 0 Å². The molecule has 88 valence electrons. The van der Waals surface area contributed by atoms with Gasteiger partial charge in [0.15, 0.2) is 5.78 Å². The van der Waals surface area contributed by atoms with Gasteiger partial charge in [0.25, 0.3) is 0 Å². The maximum Gasteiger partial charge on any atom is 0.195 e. The van der Waals surface area contributed by atoms with Crippen LogP contribution in [0.2, 0.25) is 0 Å². The highest BCUT2D eigenvalue weighted by molar-refractivity contribution is 6.30. The summed E-state index contributed by atoms with van der Waals surface area (Å²) >= 11 is 0. The van der Waals surface area contributed by atoms with Crippen molar-refractivity contribution in [1.82, 2.24) is 0 Å². The highest BCUT2D eigenvalue weighted by atomic mass is 16.1. The first-order valence-electron chi connectivity index (χ1n) is 5.94. The average molecular weight is 235 g/mol. The molecule has 2 aromatic rings. The molecule has 1 aliphatic rings. The molecule has 0 fully saturated rings. The normalized spacial score (nSPS) is 16.0. The van der Waals surface area contributed by atoms with Gasteiger partial charge >= 0.3 is 0 Å². The van der Waals surface area contributed by atoms with Crippen LogP contribution in [0.1, 0.15) is 27.0 Å². The van der Waals surface area contributed by atoms with Crippen molar-refractivity contribution in [3.05, 3.63) is 77.0 Å². The molecule has 2 nitrogen and oxygen atoms in total. The first-order valence-corrected chi connectivity index (χ1v) is 5.94. The number of ketones is 1. The topological polar surface area (TPSA) is 43.1 Å². The second-order valence-electron chi connectivity index (χ2n) is 4.40. The van der Waals surface area contributed by atoms with Gasteiger partial charge in [-0.25, -0.2) is 0 Å². The van der Waals surface area contributed by atoms with Gasteiger partial charge in [-0.3, -0.25) is 4.79 Å². The average Bonchev–Trinajstić information content (AvgIpc) is 2.53. The molecule has 2 aromatic carbocycles. The van der Waals surface area contributed by atoms with Crippen LogP contribution in [0.15, 0.2) is 54.7 Å². The SMILES string of the molecule is N/C=C1/C(=O)c2ccccc2Cc2ccccc21. The lowest BCUT2D eigenvalue weighted by Crippen LogP contribution is -2.04. The molecule has 2 N–H and O–H groups in total. The lowest BCUT2D eigenvalue weighted by Gasteiger charge is -2.06. The third kappa shape index (κ3) is 1.54. The van der Waals surface area contributed by atoms with Gasteiger partial charge in [-0.2, -0.15) is 0 Å². The van der Waals surface area contributed by atoms with Crippen molar-refractivity contribution in [2.45, 2.75) is 6.42 Å². The molecule has 18 heavy (non-hydrogen) atoms. The highest BCUT2D eigenvalue weighted by Crippen LogP contribution is 2.30. The lowest BCUT2D eigenvalue weighted by atomic mass is 9.97. The summed E-state index contributed by atoms with van der Waals surface area (Å²) in [6.07, 6.45) is 2.19. The van der Waals surface area contributed by atoms with Crippen molar-refractivity contribution in [2.24, 2.45) is 5.73 Å². The molecular formula is C16H13NO. The van der Waals surface area contributed by atoms with E-state index in [0.29, 0.717) is 5.57 Å². The molecule has 0 amide bonds. The lowest BCUT2D eigenvalue weighted by molar-refractivity contribution is 0.105. The fourth-order valence-corrected chi connectivity index (χ4v) is 2.47. The van der Waals surface area contributed by atoms with Crippen LogP contribution in [0.25, 0.3) is 5.57 Å². The number of allylic oxidation sites excluding steroid dienone is 1. The molecule has 2 heteroatoms. The fourth-order valence-electron chi connectivity index (χ4n) is 2.47. The Kier molecular flexibility index (Phi) is 2.49. The zero-order chi connectivity index (χ0) is 12.5. The van der Waals surface area contributed by atoms with Crippen molar-refractivity contribution < 1.29 is 4.79 Å². The number of fused-ring (bicyclic) bond motifs is 2. The minimum Gasteiger partial charge on any atom is -0.404 e. The third-order valence-electron chi connectivity index (χ3n) is 3.36. The van der Waals surface area contributed by atoms with E-state index in [1.54, 1.807) is 0 Å². The van der Waals surface area contributed by atoms with E-state index in [1.165, 1.54) is 6.20 Å². The zero-order valence-electron chi connectivity index (χ0n) is 9.89. The summed E-state index contributed by atoms with van der Waals surface area (Å²) in [7, 11) is 0. The monoisotopic (exact) mass is 235 g/mol. The molecule has 0 atom stereocenters. The summed E-state index contributed by atoms with van der Waals surface area (Å²) in [5.74, 6) is 0.0121. The third-order valence-corrected chi connectivity index (χ3v) is 3.36. The zero-order valence-corrected chi connectivity index (χ0v) is 9.89. The molecule has 0 aliphatic heterocycles. The summed E-state index contributed by atoms with van der Waals surface area (Å²) < 4.78 is 0. The van der Waals surface area contributed by atoms with Gasteiger partial charge in [0, 0.05) is 17.3 Å². The Balaban J connectivity index is 2.30. The van der Waals surface area contributed by atoms with Gasteiger partial charge in [0.05, 0.1) is 0 Å². The Labute approximate surface area is 106 Å². The van der Waals surface area contributed by atoms with Gasteiger partial charge < -0.3 is 5.73 Å². The second-order valence-corrected chi connectivity index (χ2v) is 4.40. The summed E-state index contributed by atoms with van der Waals surface area (Å²) in [5, 5.41) is 0. The van der Waals surface area contributed by atoms with E-state index in [-0.39, 0.29) is 5.78 Å². The predicted molar refractivity (Wildman–Crippen MR) is 72.2 cm³/mol. The van der Waals surface area contributed by atoms with Crippen molar-refractivity contribution in [1.29, 1.82) is 0 Å². The van der Waals surface area contributed by atoms with Crippen LogP contribution in [0, 0.1) is 0 Å². The van der Waals surface area contributed by atoms with E-state index in [9.17, 15) is 4.79 Å². The largest absolute Gasteiger partial charge is 0.404 e. The van der Waals surface area contributed by atoms with Crippen LogP contribution < -0.4 is 5.73 Å². The predicted octanol–water partition coefficient (Wildman–Crippen LogP) is 2.77. The minimum absolute atomic E-state index is 0.0121. The van der Waals surface area contributed by atoms with Crippen LogP contribution >= 0.6 is 0 Å². The molecule has 0 saturated heterocycles. The number of rotatable bonds is 0. The van der Waals surface area contributed by atoms with E-state index in [0.717, 1.165) is 28.7 Å². The molecule has 0 unspecified atom stereocenters. The smallest absolute Gasteiger partial charge is 0.195 e. The van der Waals surface area contributed by atoms with E-state index < -0.39 is 0 Å². The Hall–Kier alpha value is -2.35. The van der Waals surface area contributed by atoms with E-state index in [2.05, 4.69) is 0 Å². The first-order chi connectivity index (χ1) is 8.81. The molecule has 0 aromatic heterocycles. The highest BCUT2D eigenvalue weighted by Gasteiger charge is 2.23. The van der Waals surface area contributed by atoms with E-state index in [1.807, 2.05) is 48.5 Å². The summed E-state index contributed by atoms with van der Waals surface area (Å²) in [5.41, 5.74) is 10.2. The number of nitrogens with two attached hydrogens (primary N) is 1. The summed E-state index contributed by atoms with van der Waals surface area (Å²) in [4.78, 5) is 12.5. The summed E-state index contributed by atoms with van der Waals surface area (Å²) in [6.45, 7) is 0. The summed E-state index contributed by atoms with van der Waals surface area (Å²) in [6, 6.07) is 15.7. The fraction of sp³-hybridized carbons (Fsp3) is 0.0625. The van der Waals surface area contributed by atoms with Gasteiger partial charge in [-0.05, 0) is 23.1 Å². The van der Waals surface area contributed by atoms with Crippen LogP contribution in [0.4, 0.5) is 0 Å². The van der Waals surface area contributed by atoms with E-state index in [4.69, 9.17) is 5.73 Å². The Morgan fingerprint density at radius 2 is 1.44 bits per heavy atom. The Bertz CT molecular complexity index is 656. The first kappa shape index (κ1) is 10.8. The number of benzene rings is 2. The number of carbonyl (C=O) groups is 1. The van der Waals surface area contributed by atoms with Crippen molar-refractivity contribution >= 4 is 11.4 Å². The maximum atomic E-state index is 12.5. The van der Waals surface area contributed by atoms with E-state index >= 15 is 0 Å². The molecular weight excluding hydrogens is 222 g/mol. The van der Waals surface area contributed by atoms with Crippen molar-refractivity contribution in [3.63, 3.8) is 0 Å². The molecule has 0 heterocycles. The molecule has 3 rings (SSSR count). The van der Waals surface area contributed by atoms with Crippen LogP contribution in [0.3, 0.4) is 0 Å². The van der Waals surface area contributed by atoms with Crippen LogP contribution in [0.5, 0.6) is 0 Å². The van der Waals surface area contributed by atoms with Gasteiger partial charge in [0.2, 0.25) is 0 Å². The molecule has 0 radical (unpaired) electrons. The second kappa shape index (κ2) is 4.15. The Morgan fingerprint density at radius 1 is 0.889 bits per heavy atom.